The van der Waals surface area contributed by atoms with Crippen LogP contribution in [0.4, 0.5) is 0 Å². The number of likely N-dealkylation sites (tertiary alicyclic amines) is 1. The Balaban J connectivity index is 1.86. The lowest BCUT2D eigenvalue weighted by Gasteiger charge is -2.26. The van der Waals surface area contributed by atoms with Crippen molar-refractivity contribution < 1.29 is 29.4 Å². The third kappa shape index (κ3) is 7.00. The molecule has 2 aliphatic heterocycles. The molecule has 1 saturated heterocycles. The van der Waals surface area contributed by atoms with Crippen LogP contribution in [0.25, 0.3) is 6.08 Å². The van der Waals surface area contributed by atoms with Gasteiger partial charge in [-0.15, -0.1) is 0 Å². The van der Waals surface area contributed by atoms with Crippen LogP contribution in [-0.2, 0) is 14.4 Å². The van der Waals surface area contributed by atoms with Gasteiger partial charge in [0.2, 0.25) is 0 Å². The lowest BCUT2D eigenvalue weighted by atomic mass is 10.0. The van der Waals surface area contributed by atoms with Gasteiger partial charge in [-0.1, -0.05) is 29.8 Å². The van der Waals surface area contributed by atoms with E-state index in [-0.39, 0.29) is 41.0 Å². The largest absolute Gasteiger partial charge is 0.507 e. The van der Waals surface area contributed by atoms with Gasteiger partial charge in [-0.05, 0) is 50.7 Å². The predicted molar refractivity (Wildman–Crippen MR) is 125 cm³/mol. The highest BCUT2D eigenvalue weighted by Gasteiger charge is 2.23. The molecule has 2 aliphatic rings. The van der Waals surface area contributed by atoms with Gasteiger partial charge in [0, 0.05) is 24.7 Å². The molecule has 1 aromatic carbocycles. The molecule has 0 bridgehead atoms. The molecule has 0 atom stereocenters. The normalized spacial score (nSPS) is 18.5. The molecular weight excluding hydrogens is 448 g/mol. The van der Waals surface area contributed by atoms with E-state index in [1.54, 1.807) is 11.0 Å². The summed E-state index contributed by atoms with van der Waals surface area (Å²) < 4.78 is 5.26. The highest BCUT2D eigenvalue weighted by molar-refractivity contribution is 6.34. The number of nitrogens with zero attached hydrogens (tertiary/aromatic N) is 1. The van der Waals surface area contributed by atoms with Crippen LogP contribution in [0.2, 0.25) is 5.02 Å². The van der Waals surface area contributed by atoms with Crippen molar-refractivity contribution >= 4 is 29.6 Å². The minimum absolute atomic E-state index is 0.0740. The second-order valence-corrected chi connectivity index (χ2v) is 8.20. The number of halogens is 1. The maximum Gasteiger partial charge on any atom is 0.342 e. The lowest BCUT2D eigenvalue weighted by molar-refractivity contribution is -0.139. The number of hydrogen-bond acceptors (Lipinski definition) is 7. The van der Waals surface area contributed by atoms with Crippen molar-refractivity contribution in [2.24, 2.45) is 0 Å². The van der Waals surface area contributed by atoms with E-state index in [0.29, 0.717) is 12.1 Å². The molecule has 0 saturated carbocycles. The molecule has 1 fully saturated rings. The fourth-order valence-corrected chi connectivity index (χ4v) is 3.82. The summed E-state index contributed by atoms with van der Waals surface area (Å²) >= 11 is 6.27. The number of hydrogen-bond donors (Lipinski definition) is 3. The number of ether oxygens (including phenoxy) is 1. The van der Waals surface area contributed by atoms with Gasteiger partial charge in [0.1, 0.15) is 17.1 Å². The number of phenols is 2. The van der Waals surface area contributed by atoms with E-state index in [1.165, 1.54) is 6.08 Å². The SMILES string of the molecule is O=C1OCCC=CCC/C=C/C(NOCC(=O)N2CCCCC2)=Cc2c(Cl)c(O)cc(O)c21. The number of rotatable bonds is 4. The fraction of sp³-hybridized carbons (Fsp3) is 0.417. The molecule has 8 nitrogen and oxygen atoms in total. The van der Waals surface area contributed by atoms with Crippen molar-refractivity contribution in [3.63, 3.8) is 0 Å². The van der Waals surface area contributed by atoms with E-state index in [2.05, 4.69) is 5.48 Å². The third-order valence-electron chi connectivity index (χ3n) is 5.34. The Morgan fingerprint density at radius 1 is 1.09 bits per heavy atom. The van der Waals surface area contributed by atoms with Gasteiger partial charge in [0.05, 0.1) is 17.3 Å². The molecule has 0 aliphatic carbocycles. The first-order chi connectivity index (χ1) is 16.0. The molecule has 0 spiro atoms. The topological polar surface area (TPSA) is 108 Å². The summed E-state index contributed by atoms with van der Waals surface area (Å²) in [6.45, 7) is 1.42. The number of esters is 1. The lowest BCUT2D eigenvalue weighted by Crippen LogP contribution is -2.39. The van der Waals surface area contributed by atoms with Crippen molar-refractivity contribution in [2.45, 2.75) is 38.5 Å². The summed E-state index contributed by atoms with van der Waals surface area (Å²) in [6, 6.07) is 0.996. The van der Waals surface area contributed by atoms with Crippen LogP contribution in [0.3, 0.4) is 0 Å². The molecule has 2 heterocycles. The Morgan fingerprint density at radius 2 is 1.82 bits per heavy atom. The van der Waals surface area contributed by atoms with E-state index in [0.717, 1.165) is 51.3 Å². The van der Waals surface area contributed by atoms with Gasteiger partial charge in [-0.2, -0.15) is 0 Å². The zero-order valence-electron chi connectivity index (χ0n) is 18.4. The maximum atomic E-state index is 12.6. The molecule has 1 amide bonds. The van der Waals surface area contributed by atoms with Crippen LogP contribution >= 0.6 is 11.6 Å². The van der Waals surface area contributed by atoms with Crippen molar-refractivity contribution in [2.75, 3.05) is 26.3 Å². The molecule has 0 radical (unpaired) electrons. The van der Waals surface area contributed by atoms with Crippen molar-refractivity contribution in [1.29, 1.82) is 0 Å². The zero-order valence-corrected chi connectivity index (χ0v) is 19.1. The number of fused-ring (bicyclic) bond motifs is 1. The highest BCUT2D eigenvalue weighted by Crippen LogP contribution is 2.38. The van der Waals surface area contributed by atoms with E-state index in [9.17, 15) is 19.8 Å². The van der Waals surface area contributed by atoms with Crippen molar-refractivity contribution in [1.82, 2.24) is 10.4 Å². The van der Waals surface area contributed by atoms with E-state index < -0.39 is 11.7 Å². The van der Waals surface area contributed by atoms with Gasteiger partial charge >= 0.3 is 5.97 Å². The van der Waals surface area contributed by atoms with E-state index in [4.69, 9.17) is 21.2 Å². The highest BCUT2D eigenvalue weighted by atomic mass is 35.5. The number of hydroxylamine groups is 1. The van der Waals surface area contributed by atoms with Gasteiger partial charge in [-0.3, -0.25) is 15.1 Å². The number of carbonyl (C=O) groups excluding carboxylic acids is 2. The van der Waals surface area contributed by atoms with Crippen molar-refractivity contribution in [3.05, 3.63) is 52.2 Å². The summed E-state index contributed by atoms with van der Waals surface area (Å²) in [4.78, 5) is 32.2. The standard InChI is InChI=1S/C24H29ClN2O6/c25-23-18-14-17(26-33-16-21(30)27-11-7-5-8-12-27)10-6-3-1-2-4-9-13-32-24(31)22(18)19(28)15-20(23)29/h2,4,6,10,14-15,26,28-29H,1,3,5,7-9,11-13,16H2/b4-2?,10-6+,17-14?. The zero-order chi connectivity index (χ0) is 23.6. The Morgan fingerprint density at radius 3 is 2.61 bits per heavy atom. The Bertz CT molecular complexity index is 951. The maximum absolute atomic E-state index is 12.6. The molecule has 1 aromatic rings. The molecule has 0 aromatic heterocycles. The minimum Gasteiger partial charge on any atom is -0.507 e. The quantitative estimate of drug-likeness (QED) is 0.341. The number of amides is 1. The third-order valence-corrected chi connectivity index (χ3v) is 5.74. The number of cyclic esters (lactones) is 1. The summed E-state index contributed by atoms with van der Waals surface area (Å²) in [5, 5.41) is 20.3. The fourth-order valence-electron chi connectivity index (χ4n) is 3.61. The monoisotopic (exact) mass is 476 g/mol. The molecule has 3 N–H and O–H groups in total. The Kier molecular flexibility index (Phi) is 9.21. The molecule has 178 valence electrons. The van der Waals surface area contributed by atoms with Gasteiger partial charge < -0.3 is 19.8 Å². The second kappa shape index (κ2) is 12.3. The number of benzene rings is 1. The van der Waals surface area contributed by atoms with Gasteiger partial charge in [0.15, 0.2) is 6.61 Å². The average Bonchev–Trinajstić information content (AvgIpc) is 2.80. The van der Waals surface area contributed by atoms with Crippen molar-refractivity contribution in [3.8, 4) is 11.5 Å². The number of carbonyl (C=O) groups is 2. The molecule has 3 rings (SSSR count). The molecular formula is C24H29ClN2O6. The Hall–Kier alpha value is -2.97. The van der Waals surface area contributed by atoms with Crippen LogP contribution in [0.1, 0.15) is 54.4 Å². The van der Waals surface area contributed by atoms with Crippen LogP contribution < -0.4 is 5.48 Å². The summed E-state index contributed by atoms with van der Waals surface area (Å²) in [5.41, 5.74) is 3.01. The smallest absolute Gasteiger partial charge is 0.342 e. The first kappa shape index (κ1) is 24.7. The molecule has 33 heavy (non-hydrogen) atoms. The summed E-state index contributed by atoms with van der Waals surface area (Å²) in [5.74, 6) is -1.73. The van der Waals surface area contributed by atoms with E-state index in [1.807, 2.05) is 18.2 Å². The van der Waals surface area contributed by atoms with Gasteiger partial charge in [0.25, 0.3) is 5.91 Å². The van der Waals surface area contributed by atoms with Crippen LogP contribution in [-0.4, -0.2) is 53.3 Å². The number of allylic oxidation sites excluding steroid dienone is 3. The summed E-state index contributed by atoms with van der Waals surface area (Å²) in [6.07, 6.45) is 14.2. The van der Waals surface area contributed by atoms with E-state index >= 15 is 0 Å². The number of aromatic hydroxyl groups is 2. The molecule has 0 unspecified atom stereocenters. The number of piperidine rings is 1. The second-order valence-electron chi connectivity index (χ2n) is 7.83. The predicted octanol–water partition coefficient (Wildman–Crippen LogP) is 4.08. The minimum atomic E-state index is -0.768. The first-order valence-electron chi connectivity index (χ1n) is 11.1. The van der Waals surface area contributed by atoms with Crippen LogP contribution in [0, 0.1) is 0 Å². The van der Waals surface area contributed by atoms with Crippen LogP contribution in [0.5, 0.6) is 11.5 Å². The summed E-state index contributed by atoms with van der Waals surface area (Å²) in [7, 11) is 0. The average molecular weight is 477 g/mol. The number of phenolic OH excluding ortho intramolecular Hbond substituents is 2. The first-order valence-corrected chi connectivity index (χ1v) is 11.5. The molecule has 9 heteroatoms. The number of nitrogens with one attached hydrogen (secondary N) is 1. The van der Waals surface area contributed by atoms with Gasteiger partial charge in [-0.25, -0.2) is 4.79 Å². The van der Waals surface area contributed by atoms with Crippen LogP contribution in [0.15, 0.2) is 36.1 Å². The Labute approximate surface area is 198 Å².